The van der Waals surface area contributed by atoms with Crippen molar-refractivity contribution >= 4 is 21.6 Å². The molecule has 2 aliphatic rings. The fraction of sp³-hybridized carbons (Fsp3) is 0.345. The number of ether oxygens (including phenoxy) is 2. The predicted molar refractivity (Wildman–Crippen MR) is 141 cm³/mol. The van der Waals surface area contributed by atoms with Crippen LogP contribution >= 0.6 is 15.9 Å². The molecule has 4 nitrogen and oxygen atoms in total. The van der Waals surface area contributed by atoms with Gasteiger partial charge in [-0.15, -0.1) is 0 Å². The number of aryl methyl sites for hydroxylation is 1. The van der Waals surface area contributed by atoms with Crippen LogP contribution in [0.3, 0.4) is 0 Å². The van der Waals surface area contributed by atoms with Crippen LogP contribution in [0.15, 0.2) is 76.3 Å². The third-order valence-electron chi connectivity index (χ3n) is 6.57. The summed E-state index contributed by atoms with van der Waals surface area (Å²) in [6.07, 6.45) is 5.39. The molecule has 0 aromatic heterocycles. The molecule has 0 unspecified atom stereocenters. The maximum Gasteiger partial charge on any atom is 0.213 e. The lowest BCUT2D eigenvalue weighted by atomic mass is 9.95. The first-order valence-corrected chi connectivity index (χ1v) is 13.0. The first kappa shape index (κ1) is 23.0. The standard InChI is InChI=1S/C29H31BrN2O2/c1-3-4-5-6-17-33-24-14-11-22(12-15-24)29-32-27(25-18-23(30)13-16-28(25)34-29)19-26(31-32)21-9-7-20(2)8-10-21/h7-16,18,27,29H,3-6,17,19H2,1-2H3/t27-,29+/m0/s1. The van der Waals surface area contributed by atoms with Crippen molar-refractivity contribution in [3.05, 3.63) is 93.5 Å². The summed E-state index contributed by atoms with van der Waals surface area (Å²) in [7, 11) is 0. The predicted octanol–water partition coefficient (Wildman–Crippen LogP) is 7.96. The van der Waals surface area contributed by atoms with E-state index in [2.05, 4.69) is 83.3 Å². The molecule has 0 aliphatic carbocycles. The largest absolute Gasteiger partial charge is 0.494 e. The number of hydrogen-bond donors (Lipinski definition) is 0. The molecule has 2 aliphatic heterocycles. The number of halogens is 1. The second-order valence-corrected chi connectivity index (χ2v) is 10.1. The maximum absolute atomic E-state index is 6.51. The molecule has 0 spiro atoms. The van der Waals surface area contributed by atoms with E-state index in [0.29, 0.717) is 0 Å². The molecule has 5 rings (SSSR count). The van der Waals surface area contributed by atoms with Crippen molar-refractivity contribution in [1.29, 1.82) is 0 Å². The summed E-state index contributed by atoms with van der Waals surface area (Å²) in [5.41, 5.74) is 5.76. The summed E-state index contributed by atoms with van der Waals surface area (Å²) in [6.45, 7) is 5.10. The summed E-state index contributed by atoms with van der Waals surface area (Å²) in [4.78, 5) is 0. The van der Waals surface area contributed by atoms with Crippen molar-refractivity contribution in [2.75, 3.05) is 6.61 Å². The van der Waals surface area contributed by atoms with Gasteiger partial charge >= 0.3 is 0 Å². The molecule has 3 aromatic carbocycles. The quantitative estimate of drug-likeness (QED) is 0.283. The number of benzene rings is 3. The molecule has 0 radical (unpaired) electrons. The van der Waals surface area contributed by atoms with Crippen LogP contribution in [0, 0.1) is 6.92 Å². The number of rotatable bonds is 8. The molecule has 0 saturated carbocycles. The van der Waals surface area contributed by atoms with Gasteiger partial charge in [0.15, 0.2) is 0 Å². The lowest BCUT2D eigenvalue weighted by Gasteiger charge is -2.38. The number of nitrogens with zero attached hydrogens (tertiary/aromatic N) is 2. The Morgan fingerprint density at radius 2 is 1.79 bits per heavy atom. The van der Waals surface area contributed by atoms with Crippen molar-refractivity contribution in [1.82, 2.24) is 5.01 Å². The minimum Gasteiger partial charge on any atom is -0.494 e. The van der Waals surface area contributed by atoms with Crippen LogP contribution in [-0.2, 0) is 0 Å². The summed E-state index contributed by atoms with van der Waals surface area (Å²) in [6, 6.07) is 23.3. The van der Waals surface area contributed by atoms with E-state index >= 15 is 0 Å². The van der Waals surface area contributed by atoms with Crippen LogP contribution in [0.4, 0.5) is 0 Å². The SMILES string of the molecule is CCCCCCOc1ccc([C@H]2Oc3ccc(Br)cc3[C@@H]3CC(c4ccc(C)cc4)=NN23)cc1. The highest BCUT2D eigenvalue weighted by atomic mass is 79.9. The second kappa shape index (κ2) is 10.2. The third-order valence-corrected chi connectivity index (χ3v) is 7.06. The van der Waals surface area contributed by atoms with Gasteiger partial charge in [-0.25, -0.2) is 5.01 Å². The molecule has 3 aromatic rings. The van der Waals surface area contributed by atoms with Gasteiger partial charge in [0.25, 0.3) is 0 Å². The molecular formula is C29H31BrN2O2. The number of hydrazone groups is 1. The Morgan fingerprint density at radius 1 is 1.00 bits per heavy atom. The number of unbranched alkanes of at least 4 members (excludes halogenated alkanes) is 3. The van der Waals surface area contributed by atoms with E-state index in [9.17, 15) is 0 Å². The van der Waals surface area contributed by atoms with Crippen LogP contribution in [0.5, 0.6) is 11.5 Å². The number of hydrogen-bond acceptors (Lipinski definition) is 4. The normalized spacial score (nSPS) is 18.7. The summed E-state index contributed by atoms with van der Waals surface area (Å²) >= 11 is 3.63. The molecule has 0 N–H and O–H groups in total. The van der Waals surface area contributed by atoms with E-state index in [1.165, 1.54) is 36.0 Å². The lowest BCUT2D eigenvalue weighted by molar-refractivity contribution is -0.0191. The highest BCUT2D eigenvalue weighted by Gasteiger charge is 2.41. The van der Waals surface area contributed by atoms with Crippen molar-refractivity contribution < 1.29 is 9.47 Å². The molecule has 0 saturated heterocycles. The van der Waals surface area contributed by atoms with E-state index in [4.69, 9.17) is 14.6 Å². The van der Waals surface area contributed by atoms with Gasteiger partial charge in [0.1, 0.15) is 11.5 Å². The fourth-order valence-electron chi connectivity index (χ4n) is 4.65. The van der Waals surface area contributed by atoms with Crippen LogP contribution in [0.2, 0.25) is 0 Å². The smallest absolute Gasteiger partial charge is 0.213 e. The van der Waals surface area contributed by atoms with Crippen molar-refractivity contribution in [2.24, 2.45) is 5.10 Å². The van der Waals surface area contributed by atoms with E-state index in [0.717, 1.165) is 46.7 Å². The highest BCUT2D eigenvalue weighted by molar-refractivity contribution is 9.10. The highest BCUT2D eigenvalue weighted by Crippen LogP contribution is 2.48. The van der Waals surface area contributed by atoms with Gasteiger partial charge < -0.3 is 9.47 Å². The monoisotopic (exact) mass is 518 g/mol. The Kier molecular flexibility index (Phi) is 6.91. The third kappa shape index (κ3) is 4.85. The number of fused-ring (bicyclic) bond motifs is 3. The van der Waals surface area contributed by atoms with E-state index in [1.807, 2.05) is 18.2 Å². The average Bonchev–Trinajstić information content (AvgIpc) is 3.30. The summed E-state index contributed by atoms with van der Waals surface area (Å²) in [5.74, 6) is 1.83. The molecule has 176 valence electrons. The van der Waals surface area contributed by atoms with Gasteiger partial charge in [0, 0.05) is 22.0 Å². The molecule has 0 bridgehead atoms. The summed E-state index contributed by atoms with van der Waals surface area (Å²) in [5, 5.41) is 7.20. The Hall–Kier alpha value is -2.79. The lowest BCUT2D eigenvalue weighted by Crippen LogP contribution is -2.33. The molecular weight excluding hydrogens is 488 g/mol. The second-order valence-electron chi connectivity index (χ2n) is 9.14. The Bertz CT molecular complexity index is 1160. The topological polar surface area (TPSA) is 34.1 Å². The molecule has 2 atom stereocenters. The van der Waals surface area contributed by atoms with Gasteiger partial charge in [-0.3, -0.25) is 0 Å². The average molecular weight is 519 g/mol. The molecule has 34 heavy (non-hydrogen) atoms. The van der Waals surface area contributed by atoms with Gasteiger partial charge in [-0.05, 0) is 61.4 Å². The zero-order chi connectivity index (χ0) is 23.5. The molecule has 5 heteroatoms. The Labute approximate surface area is 210 Å². The van der Waals surface area contributed by atoms with Gasteiger partial charge in [-0.1, -0.05) is 71.9 Å². The van der Waals surface area contributed by atoms with Crippen LogP contribution < -0.4 is 9.47 Å². The fourth-order valence-corrected chi connectivity index (χ4v) is 5.02. The first-order valence-electron chi connectivity index (χ1n) is 12.2. The Morgan fingerprint density at radius 3 is 2.56 bits per heavy atom. The van der Waals surface area contributed by atoms with Crippen molar-refractivity contribution in [3.63, 3.8) is 0 Å². The van der Waals surface area contributed by atoms with Crippen LogP contribution in [0.25, 0.3) is 0 Å². The van der Waals surface area contributed by atoms with E-state index in [1.54, 1.807) is 0 Å². The Balaban J connectivity index is 1.40. The maximum atomic E-state index is 6.51. The molecule has 2 heterocycles. The van der Waals surface area contributed by atoms with Crippen molar-refractivity contribution in [2.45, 2.75) is 58.2 Å². The first-order chi connectivity index (χ1) is 16.6. The van der Waals surface area contributed by atoms with Crippen molar-refractivity contribution in [3.8, 4) is 11.5 Å². The summed E-state index contributed by atoms with van der Waals surface area (Å²) < 4.78 is 13.5. The van der Waals surface area contributed by atoms with Crippen LogP contribution in [0.1, 0.15) is 73.6 Å². The van der Waals surface area contributed by atoms with Gasteiger partial charge in [0.05, 0.1) is 18.4 Å². The zero-order valence-corrected chi connectivity index (χ0v) is 21.4. The van der Waals surface area contributed by atoms with Crippen LogP contribution in [-0.4, -0.2) is 17.3 Å². The zero-order valence-electron chi connectivity index (χ0n) is 19.8. The van der Waals surface area contributed by atoms with Gasteiger partial charge in [-0.2, -0.15) is 5.10 Å². The molecule has 0 amide bonds. The van der Waals surface area contributed by atoms with E-state index < -0.39 is 0 Å². The minimum atomic E-state index is -0.278. The minimum absolute atomic E-state index is 0.136. The van der Waals surface area contributed by atoms with Gasteiger partial charge in [0.2, 0.25) is 6.23 Å². The van der Waals surface area contributed by atoms with E-state index in [-0.39, 0.29) is 12.3 Å². The molecule has 0 fully saturated rings.